The van der Waals surface area contributed by atoms with Crippen molar-refractivity contribution in [2.75, 3.05) is 13.2 Å². The molecule has 1 rings (SSSR count). The molecule has 0 radical (unpaired) electrons. The quantitative estimate of drug-likeness (QED) is 0.789. The van der Waals surface area contributed by atoms with E-state index in [4.69, 9.17) is 14.6 Å². The molecule has 1 aromatic heterocycles. The van der Waals surface area contributed by atoms with Crippen LogP contribution >= 0.6 is 11.3 Å². The number of ether oxygens (including phenoxy) is 2. The van der Waals surface area contributed by atoms with Crippen molar-refractivity contribution in [2.24, 2.45) is 0 Å². The van der Waals surface area contributed by atoms with Crippen molar-refractivity contribution in [2.45, 2.75) is 32.8 Å². The number of amides is 1. The van der Waals surface area contributed by atoms with Crippen molar-refractivity contribution in [1.29, 1.82) is 0 Å². The van der Waals surface area contributed by atoms with E-state index < -0.39 is 17.7 Å². The highest BCUT2D eigenvalue weighted by Crippen LogP contribution is 2.24. The second kappa shape index (κ2) is 7.14. The lowest BCUT2D eigenvalue weighted by Crippen LogP contribution is -2.33. The summed E-state index contributed by atoms with van der Waals surface area (Å²) in [7, 11) is 0. The van der Waals surface area contributed by atoms with Crippen LogP contribution in [-0.4, -0.2) is 35.9 Å². The van der Waals surface area contributed by atoms with Crippen molar-refractivity contribution < 1.29 is 24.2 Å². The SMILES string of the molecule is CC(C)(C)OC(=O)NCCCOc1ccsc1C(=O)O. The molecule has 1 amide bonds. The summed E-state index contributed by atoms with van der Waals surface area (Å²) in [6, 6.07) is 1.62. The monoisotopic (exact) mass is 301 g/mol. The molecule has 0 fully saturated rings. The number of carbonyl (C=O) groups is 2. The fraction of sp³-hybridized carbons (Fsp3) is 0.538. The maximum atomic E-state index is 11.3. The van der Waals surface area contributed by atoms with E-state index in [0.717, 1.165) is 11.3 Å². The summed E-state index contributed by atoms with van der Waals surface area (Å²) in [5.74, 6) is -0.637. The molecule has 0 aliphatic heterocycles. The maximum absolute atomic E-state index is 11.3. The molecule has 0 aromatic carbocycles. The van der Waals surface area contributed by atoms with Gasteiger partial charge in [0.05, 0.1) is 6.61 Å². The number of nitrogens with one attached hydrogen (secondary N) is 1. The Labute approximate surface area is 121 Å². The van der Waals surface area contributed by atoms with Crippen molar-refractivity contribution in [3.63, 3.8) is 0 Å². The first-order valence-corrected chi connectivity index (χ1v) is 7.08. The third-order valence-corrected chi connectivity index (χ3v) is 2.95. The largest absolute Gasteiger partial charge is 0.492 e. The number of carboxylic acid groups (broad SMARTS) is 1. The van der Waals surface area contributed by atoms with Gasteiger partial charge in [-0.05, 0) is 38.6 Å². The zero-order chi connectivity index (χ0) is 15.2. The van der Waals surface area contributed by atoms with Crippen LogP contribution in [0.3, 0.4) is 0 Å². The van der Waals surface area contributed by atoms with Gasteiger partial charge in [0.25, 0.3) is 0 Å². The Hall–Kier alpha value is -1.76. The summed E-state index contributed by atoms with van der Waals surface area (Å²) in [5, 5.41) is 13.2. The average Bonchev–Trinajstić information content (AvgIpc) is 2.74. The van der Waals surface area contributed by atoms with Crippen molar-refractivity contribution in [1.82, 2.24) is 5.32 Å². The predicted octanol–water partition coefficient (Wildman–Crippen LogP) is 2.74. The van der Waals surface area contributed by atoms with Crippen molar-refractivity contribution >= 4 is 23.4 Å². The summed E-state index contributed by atoms with van der Waals surface area (Å²) in [4.78, 5) is 22.4. The minimum absolute atomic E-state index is 0.185. The zero-order valence-electron chi connectivity index (χ0n) is 11.8. The molecule has 0 saturated carbocycles. The maximum Gasteiger partial charge on any atom is 0.407 e. The summed E-state index contributed by atoms with van der Waals surface area (Å²) < 4.78 is 10.4. The lowest BCUT2D eigenvalue weighted by Gasteiger charge is -2.19. The Kier molecular flexibility index (Phi) is 5.82. The molecular weight excluding hydrogens is 282 g/mol. The number of rotatable bonds is 6. The van der Waals surface area contributed by atoms with E-state index >= 15 is 0 Å². The first kappa shape index (κ1) is 16.3. The molecule has 1 heterocycles. The Morgan fingerprint density at radius 2 is 2.10 bits per heavy atom. The van der Waals surface area contributed by atoms with Gasteiger partial charge >= 0.3 is 12.1 Å². The average molecular weight is 301 g/mol. The highest BCUT2D eigenvalue weighted by molar-refractivity contribution is 7.12. The highest BCUT2D eigenvalue weighted by Gasteiger charge is 2.15. The molecule has 6 nitrogen and oxygen atoms in total. The molecular formula is C13H19NO5S. The minimum atomic E-state index is -0.998. The first-order valence-electron chi connectivity index (χ1n) is 6.20. The molecule has 0 bridgehead atoms. The second-order valence-corrected chi connectivity index (χ2v) is 5.97. The Morgan fingerprint density at radius 3 is 2.70 bits per heavy atom. The molecule has 1 aromatic rings. The van der Waals surface area contributed by atoms with Gasteiger partial charge in [-0.1, -0.05) is 0 Å². The summed E-state index contributed by atoms with van der Waals surface area (Å²) in [6.45, 7) is 6.10. The van der Waals surface area contributed by atoms with E-state index in [1.807, 2.05) is 0 Å². The third kappa shape index (κ3) is 5.92. The van der Waals surface area contributed by atoms with Crippen LogP contribution in [0.5, 0.6) is 5.75 Å². The molecule has 0 unspecified atom stereocenters. The number of thiophene rings is 1. The molecule has 0 spiro atoms. The number of carbonyl (C=O) groups excluding carboxylic acids is 1. The zero-order valence-corrected chi connectivity index (χ0v) is 12.6. The number of hydrogen-bond acceptors (Lipinski definition) is 5. The van der Waals surface area contributed by atoms with Crippen LogP contribution in [0.25, 0.3) is 0 Å². The van der Waals surface area contributed by atoms with Gasteiger partial charge in [-0.3, -0.25) is 0 Å². The number of alkyl carbamates (subject to hydrolysis) is 1. The van der Waals surface area contributed by atoms with Crippen LogP contribution < -0.4 is 10.1 Å². The number of aromatic carboxylic acids is 1. The Bertz CT molecular complexity index is 464. The summed E-state index contributed by atoms with van der Waals surface area (Å²) in [6.07, 6.45) is 0.0907. The molecule has 7 heteroatoms. The third-order valence-electron chi connectivity index (χ3n) is 2.07. The van der Waals surface area contributed by atoms with Gasteiger partial charge in [0.15, 0.2) is 4.88 Å². The second-order valence-electron chi connectivity index (χ2n) is 5.05. The first-order chi connectivity index (χ1) is 9.29. The van der Waals surface area contributed by atoms with Crippen LogP contribution in [-0.2, 0) is 4.74 Å². The van der Waals surface area contributed by atoms with Gasteiger partial charge < -0.3 is 19.9 Å². The van der Waals surface area contributed by atoms with Gasteiger partial charge in [-0.25, -0.2) is 9.59 Å². The summed E-state index contributed by atoms with van der Waals surface area (Å²) in [5.41, 5.74) is -0.520. The van der Waals surface area contributed by atoms with Crippen molar-refractivity contribution in [3.05, 3.63) is 16.3 Å². The predicted molar refractivity (Wildman–Crippen MR) is 75.6 cm³/mol. The normalized spacial score (nSPS) is 10.9. The molecule has 0 atom stereocenters. The van der Waals surface area contributed by atoms with E-state index in [-0.39, 0.29) is 4.88 Å². The van der Waals surface area contributed by atoms with Crippen LogP contribution in [0, 0.1) is 0 Å². The molecule has 0 saturated heterocycles. The van der Waals surface area contributed by atoms with Gasteiger partial charge in [-0.15, -0.1) is 11.3 Å². The van der Waals surface area contributed by atoms with Crippen LogP contribution in [0.1, 0.15) is 36.9 Å². The topological polar surface area (TPSA) is 84.9 Å². The standard InChI is InChI=1S/C13H19NO5S/c1-13(2,3)19-12(17)14-6-4-7-18-9-5-8-20-10(9)11(15)16/h5,8H,4,6-7H2,1-3H3,(H,14,17)(H,15,16). The molecule has 20 heavy (non-hydrogen) atoms. The van der Waals surface area contributed by atoms with Gasteiger partial charge in [0.1, 0.15) is 11.4 Å². The lowest BCUT2D eigenvalue weighted by atomic mass is 10.2. The van der Waals surface area contributed by atoms with E-state index in [1.165, 1.54) is 0 Å². The molecule has 112 valence electrons. The van der Waals surface area contributed by atoms with Crippen molar-refractivity contribution in [3.8, 4) is 5.75 Å². The van der Waals surface area contributed by atoms with Gasteiger partial charge in [-0.2, -0.15) is 0 Å². The molecule has 2 N–H and O–H groups in total. The lowest BCUT2D eigenvalue weighted by molar-refractivity contribution is 0.0525. The summed E-state index contributed by atoms with van der Waals surface area (Å²) >= 11 is 1.12. The molecule has 0 aliphatic carbocycles. The number of hydrogen-bond donors (Lipinski definition) is 2. The fourth-order valence-electron chi connectivity index (χ4n) is 1.33. The van der Waals surface area contributed by atoms with E-state index in [2.05, 4.69) is 5.32 Å². The van der Waals surface area contributed by atoms with E-state index in [1.54, 1.807) is 32.2 Å². The smallest absolute Gasteiger partial charge is 0.407 e. The Morgan fingerprint density at radius 1 is 1.40 bits per heavy atom. The highest BCUT2D eigenvalue weighted by atomic mass is 32.1. The van der Waals surface area contributed by atoms with E-state index in [0.29, 0.717) is 25.3 Å². The van der Waals surface area contributed by atoms with E-state index in [9.17, 15) is 9.59 Å². The minimum Gasteiger partial charge on any atom is -0.492 e. The fourth-order valence-corrected chi connectivity index (χ4v) is 2.00. The Balaban J connectivity index is 2.21. The number of carboxylic acids is 1. The van der Waals surface area contributed by atoms with Crippen LogP contribution in [0.4, 0.5) is 4.79 Å². The van der Waals surface area contributed by atoms with Gasteiger partial charge in [0, 0.05) is 6.54 Å². The van der Waals surface area contributed by atoms with Crippen LogP contribution in [0.2, 0.25) is 0 Å². The van der Waals surface area contributed by atoms with Gasteiger partial charge in [0.2, 0.25) is 0 Å². The van der Waals surface area contributed by atoms with Crippen LogP contribution in [0.15, 0.2) is 11.4 Å². The molecule has 0 aliphatic rings.